The van der Waals surface area contributed by atoms with Crippen LogP contribution in [0.1, 0.15) is 19.3 Å². The number of methoxy groups -OCH3 is 1. The zero-order chi connectivity index (χ0) is 11.3. The van der Waals surface area contributed by atoms with Gasteiger partial charge in [-0.25, -0.2) is 0 Å². The van der Waals surface area contributed by atoms with Gasteiger partial charge in [0, 0.05) is 25.6 Å². The number of hydrogen-bond donors (Lipinski definition) is 0. The molecule has 1 saturated carbocycles. The largest absolute Gasteiger partial charge is 0.468 e. The number of carbonyl (C=O) groups excluding carboxylic acids is 1. The van der Waals surface area contributed by atoms with Crippen LogP contribution in [-0.2, 0) is 9.53 Å². The predicted octanol–water partition coefficient (Wildman–Crippen LogP) is 1.30. The number of nitriles is 1. The van der Waals surface area contributed by atoms with Crippen LogP contribution in [-0.4, -0.2) is 41.9 Å². The van der Waals surface area contributed by atoms with Gasteiger partial charge >= 0.3 is 5.97 Å². The molecule has 0 aliphatic heterocycles. The van der Waals surface area contributed by atoms with E-state index in [-0.39, 0.29) is 10.8 Å². The van der Waals surface area contributed by atoms with Crippen LogP contribution in [0.3, 0.4) is 0 Å². The number of halogens is 1. The number of nitrogens with zero attached hydrogens (tertiary/aromatic N) is 2. The zero-order valence-electron chi connectivity index (χ0n) is 8.78. The summed E-state index contributed by atoms with van der Waals surface area (Å²) in [6.45, 7) is 1.36. The average Bonchev–Trinajstić information content (AvgIpc) is 3.06. The van der Waals surface area contributed by atoms with E-state index in [1.807, 2.05) is 0 Å². The second-order valence-corrected chi connectivity index (χ2v) is 4.73. The Hall–Kier alpha value is -0.600. The second kappa shape index (κ2) is 6.09. The van der Waals surface area contributed by atoms with Gasteiger partial charge in [0.05, 0.1) is 13.2 Å². The molecule has 1 aliphatic rings. The fourth-order valence-corrected chi connectivity index (χ4v) is 2.02. The van der Waals surface area contributed by atoms with Crippen LogP contribution in [0, 0.1) is 11.3 Å². The number of carbonyl (C=O) groups is 1. The van der Waals surface area contributed by atoms with Crippen LogP contribution in [0.4, 0.5) is 0 Å². The SMILES string of the molecule is COC(=O)C(Br)CN(CCC#N)C1CC1. The Morgan fingerprint density at radius 1 is 1.73 bits per heavy atom. The summed E-state index contributed by atoms with van der Waals surface area (Å²) in [5.41, 5.74) is 0. The molecular formula is C10H15BrN2O2. The molecule has 0 radical (unpaired) electrons. The van der Waals surface area contributed by atoms with Gasteiger partial charge in [0.15, 0.2) is 0 Å². The fourth-order valence-electron chi connectivity index (χ4n) is 1.46. The lowest BCUT2D eigenvalue weighted by molar-refractivity contribution is -0.140. The maximum Gasteiger partial charge on any atom is 0.320 e. The lowest BCUT2D eigenvalue weighted by Crippen LogP contribution is -2.36. The van der Waals surface area contributed by atoms with Gasteiger partial charge in [-0.3, -0.25) is 9.69 Å². The number of hydrogen-bond acceptors (Lipinski definition) is 4. The van der Waals surface area contributed by atoms with E-state index in [1.54, 1.807) is 0 Å². The van der Waals surface area contributed by atoms with Gasteiger partial charge in [0.2, 0.25) is 0 Å². The maximum atomic E-state index is 11.2. The number of ether oxygens (including phenoxy) is 1. The van der Waals surface area contributed by atoms with E-state index < -0.39 is 0 Å². The highest BCUT2D eigenvalue weighted by molar-refractivity contribution is 9.10. The van der Waals surface area contributed by atoms with E-state index in [0.29, 0.717) is 19.0 Å². The summed E-state index contributed by atoms with van der Waals surface area (Å²) >= 11 is 3.29. The molecule has 84 valence electrons. The minimum absolute atomic E-state index is 0.252. The molecule has 1 unspecified atom stereocenters. The fraction of sp³-hybridized carbons (Fsp3) is 0.800. The standard InChI is InChI=1S/C10H15BrN2O2/c1-15-10(14)9(11)7-13(6-2-5-12)8-3-4-8/h8-9H,2-4,6-7H2,1H3. The van der Waals surface area contributed by atoms with Crippen molar-refractivity contribution < 1.29 is 9.53 Å². The molecule has 1 aliphatic carbocycles. The molecule has 1 fully saturated rings. The molecule has 4 nitrogen and oxygen atoms in total. The third kappa shape index (κ3) is 4.18. The van der Waals surface area contributed by atoms with Crippen molar-refractivity contribution in [1.29, 1.82) is 5.26 Å². The minimum Gasteiger partial charge on any atom is -0.468 e. The van der Waals surface area contributed by atoms with Crippen molar-refractivity contribution in [2.24, 2.45) is 0 Å². The highest BCUT2D eigenvalue weighted by atomic mass is 79.9. The molecular weight excluding hydrogens is 260 g/mol. The molecule has 0 N–H and O–H groups in total. The monoisotopic (exact) mass is 274 g/mol. The van der Waals surface area contributed by atoms with Crippen LogP contribution in [0.2, 0.25) is 0 Å². The van der Waals surface area contributed by atoms with E-state index >= 15 is 0 Å². The summed E-state index contributed by atoms with van der Waals surface area (Å²) in [6, 6.07) is 2.68. The molecule has 5 heteroatoms. The molecule has 1 rings (SSSR count). The van der Waals surface area contributed by atoms with Crippen LogP contribution < -0.4 is 0 Å². The van der Waals surface area contributed by atoms with Gasteiger partial charge in [-0.2, -0.15) is 5.26 Å². The van der Waals surface area contributed by atoms with E-state index in [2.05, 4.69) is 31.6 Å². The van der Waals surface area contributed by atoms with E-state index in [1.165, 1.54) is 20.0 Å². The zero-order valence-corrected chi connectivity index (χ0v) is 10.4. The van der Waals surface area contributed by atoms with Crippen LogP contribution in [0.25, 0.3) is 0 Å². The Kier molecular flexibility index (Phi) is 5.06. The van der Waals surface area contributed by atoms with Gasteiger partial charge < -0.3 is 4.74 Å². The first-order valence-electron chi connectivity index (χ1n) is 5.02. The van der Waals surface area contributed by atoms with E-state index in [4.69, 9.17) is 5.26 Å². The molecule has 0 aromatic heterocycles. The second-order valence-electron chi connectivity index (χ2n) is 3.62. The van der Waals surface area contributed by atoms with Gasteiger partial charge in [-0.15, -0.1) is 0 Å². The van der Waals surface area contributed by atoms with Crippen LogP contribution in [0.15, 0.2) is 0 Å². The number of rotatable bonds is 6. The van der Waals surface area contributed by atoms with Gasteiger partial charge in [0.25, 0.3) is 0 Å². The maximum absolute atomic E-state index is 11.2. The molecule has 0 heterocycles. The Balaban J connectivity index is 2.36. The third-order valence-corrected chi connectivity index (χ3v) is 3.09. The van der Waals surface area contributed by atoms with Crippen LogP contribution in [0.5, 0.6) is 0 Å². The molecule has 0 amide bonds. The van der Waals surface area contributed by atoms with Crippen molar-refractivity contribution >= 4 is 21.9 Å². The Labute approximate surface area is 98.3 Å². The normalized spacial score (nSPS) is 17.2. The highest BCUT2D eigenvalue weighted by Crippen LogP contribution is 2.27. The molecule has 0 spiro atoms. The van der Waals surface area contributed by atoms with Crippen molar-refractivity contribution in [2.45, 2.75) is 30.1 Å². The molecule has 0 aromatic carbocycles. The van der Waals surface area contributed by atoms with Crippen molar-refractivity contribution in [1.82, 2.24) is 4.90 Å². The lowest BCUT2D eigenvalue weighted by Gasteiger charge is -2.22. The van der Waals surface area contributed by atoms with Gasteiger partial charge in [-0.1, -0.05) is 15.9 Å². The highest BCUT2D eigenvalue weighted by Gasteiger charge is 2.31. The smallest absolute Gasteiger partial charge is 0.320 e. The summed E-state index contributed by atoms with van der Waals surface area (Å²) in [5, 5.41) is 8.53. The summed E-state index contributed by atoms with van der Waals surface area (Å²) in [7, 11) is 1.38. The summed E-state index contributed by atoms with van der Waals surface area (Å²) < 4.78 is 4.64. The summed E-state index contributed by atoms with van der Waals surface area (Å²) in [5.74, 6) is -0.252. The van der Waals surface area contributed by atoms with Crippen molar-refractivity contribution in [3.63, 3.8) is 0 Å². The molecule has 15 heavy (non-hydrogen) atoms. The molecule has 1 atom stereocenters. The quantitative estimate of drug-likeness (QED) is 0.541. The van der Waals surface area contributed by atoms with Crippen molar-refractivity contribution in [3.8, 4) is 6.07 Å². The third-order valence-electron chi connectivity index (χ3n) is 2.43. The molecule has 0 aromatic rings. The first kappa shape index (κ1) is 12.5. The Bertz CT molecular complexity index is 261. The number of alkyl halides is 1. The van der Waals surface area contributed by atoms with E-state index in [9.17, 15) is 4.79 Å². The van der Waals surface area contributed by atoms with Gasteiger partial charge in [0.1, 0.15) is 4.83 Å². The van der Waals surface area contributed by atoms with Crippen LogP contribution >= 0.6 is 15.9 Å². The average molecular weight is 275 g/mol. The van der Waals surface area contributed by atoms with Crippen molar-refractivity contribution in [3.05, 3.63) is 0 Å². The van der Waals surface area contributed by atoms with E-state index in [0.717, 1.165) is 6.54 Å². The predicted molar refractivity (Wildman–Crippen MR) is 59.6 cm³/mol. The Morgan fingerprint density at radius 2 is 2.40 bits per heavy atom. The topological polar surface area (TPSA) is 53.3 Å². The minimum atomic E-state index is -0.290. The Morgan fingerprint density at radius 3 is 2.87 bits per heavy atom. The van der Waals surface area contributed by atoms with Crippen molar-refractivity contribution in [2.75, 3.05) is 20.2 Å². The van der Waals surface area contributed by atoms with Gasteiger partial charge in [-0.05, 0) is 12.8 Å². The summed E-state index contributed by atoms with van der Waals surface area (Å²) in [4.78, 5) is 13.1. The first-order valence-corrected chi connectivity index (χ1v) is 5.93. The molecule has 0 bridgehead atoms. The summed E-state index contributed by atoms with van der Waals surface area (Å²) in [6.07, 6.45) is 2.86. The molecule has 0 saturated heterocycles. The first-order chi connectivity index (χ1) is 7.19. The lowest BCUT2D eigenvalue weighted by atomic mass is 10.3. The number of esters is 1.